The van der Waals surface area contributed by atoms with Crippen molar-refractivity contribution in [1.29, 1.82) is 0 Å². The van der Waals surface area contributed by atoms with E-state index in [1.54, 1.807) is 24.3 Å². The molecule has 12 N–H and O–H groups in total. The van der Waals surface area contributed by atoms with E-state index in [0.29, 0.717) is 102 Å². The highest BCUT2D eigenvalue weighted by Crippen LogP contribution is 2.25. The number of nitrogens with one attached hydrogen (secondary N) is 6. The number of carboxylic acid groups (broad SMARTS) is 4. The minimum Gasteiger partial charge on any atom is -0.494 e. The highest BCUT2D eigenvalue weighted by Gasteiger charge is 2.31. The number of rotatable bonds is 85. The summed E-state index contributed by atoms with van der Waals surface area (Å²) in [6, 6.07) is 11.3. The van der Waals surface area contributed by atoms with Crippen molar-refractivity contribution in [2.45, 2.75) is 231 Å². The number of aromatic carboxylic acids is 2. The molecule has 2 rings (SSSR count). The lowest BCUT2D eigenvalue weighted by atomic mass is 9.82. The predicted molar refractivity (Wildman–Crippen MR) is 463 cm³/mol. The summed E-state index contributed by atoms with van der Waals surface area (Å²) in [4.78, 5) is 185. The molecule has 36 heteroatoms. The second-order valence-corrected chi connectivity index (χ2v) is 31.2. The van der Waals surface area contributed by atoms with Crippen molar-refractivity contribution in [3.63, 3.8) is 0 Å². The SMILES string of the molecule is CC(=O)[C@H](CCCCNC(=O)CC[C@H](NC(=O)COCCOCCNC(=O)COCCOCCCC(=O)CCCCCCCCCOc1ccc(C(=O)O)cc1)C(=O)O)CC(=O)[C@H](CCCCNC(=O)CC[C@H](CC(=O)COCCOCCNC(=O)COCCOCCNC(=O)CCCCCCCCCOc1ccc(C(=O)O)cc1)C(=O)O)CC(=O)C(C)(C)N.[HH].[HH]. The third-order valence-electron chi connectivity index (χ3n) is 19.9. The van der Waals surface area contributed by atoms with Crippen LogP contribution in [0.25, 0.3) is 0 Å². The molecule has 2 aromatic rings. The van der Waals surface area contributed by atoms with Gasteiger partial charge >= 0.3 is 23.9 Å². The molecule has 0 unspecified atom stereocenters. The Balaban J connectivity index is 0.0000794. The van der Waals surface area contributed by atoms with Crippen LogP contribution in [-0.4, -0.2) is 272 Å². The number of aliphatic carboxylic acids is 2. The maximum Gasteiger partial charge on any atom is 0.335 e. The monoisotopic (exact) mass is 1780 g/mol. The molecule has 125 heavy (non-hydrogen) atoms. The molecule has 0 bridgehead atoms. The maximum absolute atomic E-state index is 13.8. The molecule has 4 atom stereocenters. The molecule has 710 valence electrons. The quantitative estimate of drug-likeness (QED) is 0.0280. The van der Waals surface area contributed by atoms with Gasteiger partial charge in [0.25, 0.3) is 0 Å². The van der Waals surface area contributed by atoms with Crippen LogP contribution in [0.3, 0.4) is 0 Å². The maximum atomic E-state index is 13.8. The molecule has 0 spiro atoms. The van der Waals surface area contributed by atoms with Gasteiger partial charge in [-0.05, 0) is 140 Å². The average molecular weight is 1780 g/mol. The third kappa shape index (κ3) is 62.5. The Hall–Kier alpha value is -9.27. The van der Waals surface area contributed by atoms with E-state index >= 15 is 0 Å². The highest BCUT2D eigenvalue weighted by molar-refractivity contribution is 5.94. The lowest BCUT2D eigenvalue weighted by Gasteiger charge is -2.23. The van der Waals surface area contributed by atoms with Crippen LogP contribution in [-0.2, 0) is 100 Å². The van der Waals surface area contributed by atoms with Gasteiger partial charge in [-0.2, -0.15) is 0 Å². The molecule has 0 aliphatic rings. The Labute approximate surface area is 737 Å². The second kappa shape index (κ2) is 71.8. The van der Waals surface area contributed by atoms with Crippen molar-refractivity contribution >= 4 is 88.2 Å². The van der Waals surface area contributed by atoms with E-state index in [0.717, 1.165) is 89.9 Å². The standard InChI is InChI=1S/C89H141N7O29.2H2/c1-66(97)69(23-16-18-40-92-81(104)39-37-76(88(114)115)96-84(107)65-123-58-54-119-50-44-95-82(105)63-121-56-51-116-45-22-26-72(98)25-14-10-6-4-8-12-20-46-124-74-33-28-67(29-34-74)85(108)109)60-77(100)70(61-78(101)89(2,3)90)24-17-19-41-91-80(103)38-32-71(87(112)113)59-73(99)62-120-55-52-118-49-43-94-83(106)64-122-57-53-117-48-42-93-79(102)27-15-11-7-5-9-13-21-47-125-75-35-30-68(31-36-75)86(110)111;;/h28-31,33-36,69-71,76H,4-27,32,37-65,90H2,1-3H3,(H,91,103)(H,92,104)(H,93,102)(H,94,106)(H,95,105)(H,96,107)(H,108,109)(H,110,111)(H,112,113)(H,114,115);2*1H/t69-,70-,71-,76+;;/m1../s1. The van der Waals surface area contributed by atoms with Gasteiger partial charge in [-0.1, -0.05) is 77.0 Å². The van der Waals surface area contributed by atoms with Gasteiger partial charge in [-0.3, -0.25) is 57.5 Å². The first-order chi connectivity index (χ1) is 60.0. The van der Waals surface area contributed by atoms with E-state index in [1.165, 1.54) is 45.0 Å². The number of hydrogen-bond acceptors (Lipinski definition) is 26. The van der Waals surface area contributed by atoms with E-state index in [4.69, 9.17) is 63.3 Å². The number of unbranched alkanes of at least 4 members (excludes halogenated alkanes) is 14. The number of carboxylic acids is 4. The number of hydrogen-bond donors (Lipinski definition) is 11. The fourth-order valence-electron chi connectivity index (χ4n) is 12.5. The Morgan fingerprint density at radius 1 is 0.336 bits per heavy atom. The topological polar surface area (TPSA) is 527 Å². The molecule has 2 aromatic carbocycles. The van der Waals surface area contributed by atoms with Gasteiger partial charge in [0.15, 0.2) is 11.6 Å². The van der Waals surface area contributed by atoms with Crippen molar-refractivity contribution in [2.75, 3.05) is 152 Å². The molecular weight excluding hydrogens is 1630 g/mol. The summed E-state index contributed by atoms with van der Waals surface area (Å²) < 4.78 is 54.5. The summed E-state index contributed by atoms with van der Waals surface area (Å²) in [5, 5.41) is 53.4. The zero-order valence-corrected chi connectivity index (χ0v) is 73.7. The van der Waals surface area contributed by atoms with Gasteiger partial charge in [0.05, 0.1) is 108 Å². The Morgan fingerprint density at radius 2 is 0.720 bits per heavy atom. The Morgan fingerprint density at radius 3 is 1.17 bits per heavy atom. The van der Waals surface area contributed by atoms with Crippen molar-refractivity contribution in [1.82, 2.24) is 31.9 Å². The van der Waals surface area contributed by atoms with Crippen LogP contribution in [0.1, 0.15) is 243 Å². The van der Waals surface area contributed by atoms with E-state index in [9.17, 15) is 82.1 Å². The molecular formula is C89H145N7O29. The van der Waals surface area contributed by atoms with Crippen molar-refractivity contribution < 1.29 is 143 Å². The van der Waals surface area contributed by atoms with E-state index in [2.05, 4.69) is 31.9 Å². The van der Waals surface area contributed by atoms with Crippen LogP contribution in [0.4, 0.5) is 0 Å². The number of amides is 6. The van der Waals surface area contributed by atoms with Crippen molar-refractivity contribution in [2.24, 2.45) is 23.5 Å². The summed E-state index contributed by atoms with van der Waals surface area (Å²) in [5.41, 5.74) is 5.30. The van der Waals surface area contributed by atoms with E-state index in [1.807, 2.05) is 0 Å². The number of carbonyl (C=O) groups excluding carboxylic acids is 11. The normalized spacial score (nSPS) is 12.2. The van der Waals surface area contributed by atoms with E-state index < -0.39 is 83.3 Å². The third-order valence-corrected chi connectivity index (χ3v) is 19.9. The molecule has 36 nitrogen and oxygen atoms in total. The van der Waals surface area contributed by atoms with Gasteiger partial charge in [0.1, 0.15) is 61.3 Å². The molecule has 0 radical (unpaired) electrons. The molecule has 0 aromatic heterocycles. The van der Waals surface area contributed by atoms with Gasteiger partial charge in [-0.15, -0.1) is 0 Å². The molecule has 0 heterocycles. The van der Waals surface area contributed by atoms with Crippen molar-refractivity contribution in [3.05, 3.63) is 59.7 Å². The fourth-order valence-corrected chi connectivity index (χ4v) is 12.5. The van der Waals surface area contributed by atoms with Crippen molar-refractivity contribution in [3.8, 4) is 11.5 Å². The summed E-state index contributed by atoms with van der Waals surface area (Å²) in [5.74, 6) is -9.40. The molecule has 0 aliphatic carbocycles. The molecule has 0 saturated heterocycles. The molecule has 0 fully saturated rings. The number of nitrogens with two attached hydrogens (primary N) is 1. The molecule has 0 saturated carbocycles. The van der Waals surface area contributed by atoms with Crippen LogP contribution < -0.4 is 47.1 Å². The molecule has 6 amide bonds. The summed E-state index contributed by atoms with van der Waals surface area (Å²) in [6.07, 6.45) is 16.8. The number of ketones is 5. The largest absolute Gasteiger partial charge is 0.494 e. The zero-order chi connectivity index (χ0) is 91.9. The van der Waals surface area contributed by atoms with Gasteiger partial charge < -0.3 is 105 Å². The lowest BCUT2D eigenvalue weighted by Crippen LogP contribution is -2.43. The van der Waals surface area contributed by atoms with Gasteiger partial charge in [-0.25, -0.2) is 14.4 Å². The summed E-state index contributed by atoms with van der Waals surface area (Å²) in [7, 11) is 0. The number of ether oxygens (including phenoxy) is 10. The first-order valence-electron chi connectivity index (χ1n) is 44.1. The average Bonchev–Trinajstić information content (AvgIpc) is 0.871. The zero-order valence-electron chi connectivity index (χ0n) is 73.7. The summed E-state index contributed by atoms with van der Waals surface area (Å²) >= 11 is 0. The van der Waals surface area contributed by atoms with Crippen LogP contribution >= 0.6 is 0 Å². The lowest BCUT2D eigenvalue weighted by molar-refractivity contribution is -0.145. The fraction of sp³-hybridized carbons (Fsp3) is 0.697. The van der Waals surface area contributed by atoms with Crippen LogP contribution in [0.5, 0.6) is 11.5 Å². The predicted octanol–water partition coefficient (Wildman–Crippen LogP) is 7.95. The van der Waals surface area contributed by atoms with Gasteiger partial charge in [0, 0.05) is 105 Å². The van der Waals surface area contributed by atoms with Gasteiger partial charge in [0.2, 0.25) is 35.4 Å². The van der Waals surface area contributed by atoms with Crippen LogP contribution in [0, 0.1) is 17.8 Å². The smallest absolute Gasteiger partial charge is 0.335 e. The Bertz CT molecular complexity index is 3460. The molecule has 0 aliphatic heterocycles. The minimum absolute atomic E-state index is 0. The first-order valence-corrected chi connectivity index (χ1v) is 44.1. The van der Waals surface area contributed by atoms with E-state index in [-0.39, 0.29) is 218 Å². The van der Waals surface area contributed by atoms with Crippen LogP contribution in [0.15, 0.2) is 48.5 Å². The number of benzene rings is 2. The Kier molecular flexibility index (Phi) is 64.2. The number of Topliss-reactive ketones (excluding diaryl/α,β-unsaturated/α-hetero) is 5. The second-order valence-electron chi connectivity index (χ2n) is 31.2. The minimum atomic E-state index is -1.39. The highest BCUT2D eigenvalue weighted by atomic mass is 16.5. The van der Waals surface area contributed by atoms with Crippen LogP contribution in [0.2, 0.25) is 0 Å². The first kappa shape index (κ1) is 112. The summed E-state index contributed by atoms with van der Waals surface area (Å²) in [6.45, 7) is 7.47. The number of carbonyl (C=O) groups is 15.